The molecule has 1 heterocycles. The average Bonchev–Trinajstić information content (AvgIpc) is 3.54. The Hall–Kier alpha value is -2.02. The molecule has 35 heavy (non-hydrogen) atoms. The number of epoxide rings is 1. The molecule has 1 aromatic carbocycles. The number of Topliss-reactive ketones (excluding diaryl/α,β-unsaturated/α-hetero) is 2. The first-order chi connectivity index (χ1) is 16.6. The van der Waals surface area contributed by atoms with Crippen LogP contribution in [0.2, 0.25) is 0 Å². The molecule has 0 aromatic heterocycles. The van der Waals surface area contributed by atoms with Gasteiger partial charge in [0.15, 0.2) is 11.4 Å². The van der Waals surface area contributed by atoms with Crippen molar-refractivity contribution in [3.8, 4) is 5.75 Å². The summed E-state index contributed by atoms with van der Waals surface area (Å²) in [6.45, 7) is 11.1. The van der Waals surface area contributed by atoms with E-state index in [9.17, 15) is 9.59 Å². The lowest BCUT2D eigenvalue weighted by Gasteiger charge is -2.54. The number of ether oxygens (including phenoxy) is 4. The number of methoxy groups -OCH3 is 2. The summed E-state index contributed by atoms with van der Waals surface area (Å²) < 4.78 is 23.9. The summed E-state index contributed by atoms with van der Waals surface area (Å²) in [5.41, 5.74) is -0.0377. The van der Waals surface area contributed by atoms with Crippen LogP contribution < -0.4 is 4.74 Å². The van der Waals surface area contributed by atoms with Crippen molar-refractivity contribution in [3.05, 3.63) is 42.0 Å². The molecule has 1 aromatic rings. The van der Waals surface area contributed by atoms with Crippen LogP contribution in [0.15, 0.2) is 36.4 Å². The van der Waals surface area contributed by atoms with Crippen molar-refractivity contribution in [2.45, 2.75) is 83.4 Å². The quantitative estimate of drug-likeness (QED) is 0.448. The van der Waals surface area contributed by atoms with Crippen molar-refractivity contribution in [1.29, 1.82) is 0 Å². The van der Waals surface area contributed by atoms with Gasteiger partial charge in [-0.15, -0.1) is 0 Å². The van der Waals surface area contributed by atoms with E-state index in [2.05, 4.69) is 27.4 Å². The van der Waals surface area contributed by atoms with Gasteiger partial charge in [0.25, 0.3) is 0 Å². The third-order valence-electron chi connectivity index (χ3n) is 9.71. The van der Waals surface area contributed by atoms with Crippen molar-refractivity contribution < 1.29 is 28.5 Å². The van der Waals surface area contributed by atoms with Gasteiger partial charge in [0.05, 0.1) is 25.9 Å². The number of rotatable bonds is 5. The molecular weight excluding hydrogens is 444 g/mol. The predicted octanol–water partition coefficient (Wildman–Crippen LogP) is 4.68. The molecule has 190 valence electrons. The normalized spacial score (nSPS) is 40.1. The van der Waals surface area contributed by atoms with Crippen molar-refractivity contribution in [2.75, 3.05) is 14.2 Å². The third-order valence-corrected chi connectivity index (χ3v) is 9.71. The molecule has 7 atom stereocenters. The van der Waals surface area contributed by atoms with E-state index in [1.165, 1.54) is 0 Å². The van der Waals surface area contributed by atoms with Gasteiger partial charge in [0, 0.05) is 24.9 Å². The highest BCUT2D eigenvalue weighted by Gasteiger charge is 2.76. The second-order valence-electron chi connectivity index (χ2n) is 11.7. The zero-order valence-corrected chi connectivity index (χ0v) is 21.6. The fourth-order valence-electron chi connectivity index (χ4n) is 7.44. The summed E-state index contributed by atoms with van der Waals surface area (Å²) in [6, 6.07) is 7.92. The second-order valence-corrected chi connectivity index (χ2v) is 11.7. The summed E-state index contributed by atoms with van der Waals surface area (Å²) in [7, 11) is 3.31. The van der Waals surface area contributed by atoms with Crippen LogP contribution >= 0.6 is 0 Å². The molecule has 6 heteroatoms. The van der Waals surface area contributed by atoms with Crippen LogP contribution in [-0.2, 0) is 30.4 Å². The average molecular weight is 483 g/mol. The molecule has 4 fully saturated rings. The molecule has 5 rings (SSSR count). The van der Waals surface area contributed by atoms with Crippen LogP contribution in [0.1, 0.15) is 58.4 Å². The number of hydrogen-bond donors (Lipinski definition) is 0. The van der Waals surface area contributed by atoms with Gasteiger partial charge in [0.2, 0.25) is 0 Å². The van der Waals surface area contributed by atoms with Gasteiger partial charge in [-0.05, 0) is 60.3 Å². The van der Waals surface area contributed by atoms with Gasteiger partial charge < -0.3 is 18.9 Å². The minimum absolute atomic E-state index is 0.0143. The summed E-state index contributed by atoms with van der Waals surface area (Å²) in [5, 5.41) is 0. The summed E-state index contributed by atoms with van der Waals surface area (Å²) in [4.78, 5) is 27.0. The lowest BCUT2D eigenvalue weighted by molar-refractivity contribution is -0.165. The first-order valence-corrected chi connectivity index (χ1v) is 12.8. The van der Waals surface area contributed by atoms with Crippen LogP contribution in [0.25, 0.3) is 0 Å². The number of fused-ring (bicyclic) bond motifs is 1. The molecule has 0 unspecified atom stereocenters. The molecule has 1 saturated heterocycles. The van der Waals surface area contributed by atoms with E-state index in [4.69, 9.17) is 18.9 Å². The van der Waals surface area contributed by atoms with Crippen LogP contribution in [-0.4, -0.2) is 49.7 Å². The molecule has 0 N–H and O–H groups in total. The molecule has 0 spiro atoms. The molecule has 0 radical (unpaired) electrons. The van der Waals surface area contributed by atoms with Gasteiger partial charge in [-0.1, -0.05) is 39.5 Å². The Kier molecular flexibility index (Phi) is 6.01. The van der Waals surface area contributed by atoms with E-state index in [-0.39, 0.29) is 41.0 Å². The Bertz CT molecular complexity index is 1030. The van der Waals surface area contributed by atoms with E-state index < -0.39 is 17.1 Å². The first kappa shape index (κ1) is 24.7. The minimum atomic E-state index is -0.926. The Balaban J connectivity index is 1.43. The third kappa shape index (κ3) is 3.63. The molecule has 3 saturated carbocycles. The van der Waals surface area contributed by atoms with E-state index in [0.29, 0.717) is 31.4 Å². The fraction of sp³-hybridized carbons (Fsp3) is 0.655. The van der Waals surface area contributed by atoms with Crippen LogP contribution in [0.3, 0.4) is 0 Å². The van der Waals surface area contributed by atoms with Gasteiger partial charge >= 0.3 is 0 Å². The summed E-state index contributed by atoms with van der Waals surface area (Å²) >= 11 is 0. The summed E-state index contributed by atoms with van der Waals surface area (Å²) in [5.74, 6) is 0.969. The zero-order valence-electron chi connectivity index (χ0n) is 21.6. The molecule has 1 aliphatic heterocycles. The lowest BCUT2D eigenvalue weighted by Crippen LogP contribution is -2.56. The Labute approximate surface area is 208 Å². The highest BCUT2D eigenvalue weighted by Crippen LogP contribution is 2.62. The predicted molar refractivity (Wildman–Crippen MR) is 131 cm³/mol. The number of carbonyl (C=O) groups excluding carboxylic acids is 2. The van der Waals surface area contributed by atoms with Crippen molar-refractivity contribution >= 4 is 11.6 Å². The maximum Gasteiger partial charge on any atom is 0.195 e. The maximum absolute atomic E-state index is 13.8. The molecule has 3 aliphatic carbocycles. The SMILES string of the molecule is C=C1C(=O)[C@]23O[C@@H]2[C@H]1CCC(=O)[C@@]1(C)CC[C@H](OCc2ccc(OC)cc2)C(C)(C)[C@H]1C[C@H]3OC. The topological polar surface area (TPSA) is 74.4 Å². The number of carbonyl (C=O) groups is 2. The second kappa shape index (κ2) is 8.53. The van der Waals surface area contributed by atoms with Crippen LogP contribution in [0.4, 0.5) is 0 Å². The standard InChI is InChI=1S/C29H38O6/c1-17-20-11-12-22(30)28(4)14-13-23(34-16-18-7-9-19(32-5)10-8-18)27(2,3)21(28)15-24(33-6)29(25(17)31)26(20)35-29/h7-10,20-21,23-24,26H,1,11-16H2,2-6H3/t20-,21+,23-,24+,26+,28-,29-/m0/s1. The van der Waals surface area contributed by atoms with E-state index >= 15 is 0 Å². The minimum Gasteiger partial charge on any atom is -0.497 e. The van der Waals surface area contributed by atoms with Crippen molar-refractivity contribution in [1.82, 2.24) is 0 Å². The van der Waals surface area contributed by atoms with Crippen LogP contribution in [0, 0.1) is 22.7 Å². The van der Waals surface area contributed by atoms with Crippen molar-refractivity contribution in [3.63, 3.8) is 0 Å². The Morgan fingerprint density at radius 3 is 2.43 bits per heavy atom. The largest absolute Gasteiger partial charge is 0.497 e. The highest BCUT2D eigenvalue weighted by atomic mass is 16.6. The van der Waals surface area contributed by atoms with E-state index in [0.717, 1.165) is 24.2 Å². The van der Waals surface area contributed by atoms with Crippen molar-refractivity contribution in [2.24, 2.45) is 22.7 Å². The Morgan fingerprint density at radius 1 is 1.06 bits per heavy atom. The number of ketones is 2. The number of hydrogen-bond acceptors (Lipinski definition) is 6. The smallest absolute Gasteiger partial charge is 0.195 e. The monoisotopic (exact) mass is 482 g/mol. The number of benzene rings is 1. The molecule has 0 amide bonds. The van der Waals surface area contributed by atoms with E-state index in [1.54, 1.807) is 14.2 Å². The first-order valence-electron chi connectivity index (χ1n) is 12.8. The fourth-order valence-corrected chi connectivity index (χ4v) is 7.44. The van der Waals surface area contributed by atoms with Gasteiger partial charge in [-0.3, -0.25) is 9.59 Å². The maximum atomic E-state index is 13.8. The molecular formula is C29H38O6. The van der Waals surface area contributed by atoms with E-state index in [1.807, 2.05) is 24.3 Å². The Morgan fingerprint density at radius 2 is 1.77 bits per heavy atom. The zero-order chi connectivity index (χ0) is 25.2. The lowest BCUT2D eigenvalue weighted by atomic mass is 9.51. The molecule has 4 aliphatic rings. The highest BCUT2D eigenvalue weighted by molar-refractivity contribution is 6.08. The van der Waals surface area contributed by atoms with Gasteiger partial charge in [-0.2, -0.15) is 0 Å². The van der Waals surface area contributed by atoms with Gasteiger partial charge in [0.1, 0.15) is 17.6 Å². The molecule has 6 nitrogen and oxygen atoms in total. The summed E-state index contributed by atoms with van der Waals surface area (Å²) in [6.07, 6.45) is 2.59. The van der Waals surface area contributed by atoms with Crippen LogP contribution in [0.5, 0.6) is 5.75 Å². The molecule has 2 bridgehead atoms. The van der Waals surface area contributed by atoms with Gasteiger partial charge in [-0.25, -0.2) is 0 Å².